The van der Waals surface area contributed by atoms with E-state index in [4.69, 9.17) is 15.6 Å². The van der Waals surface area contributed by atoms with Crippen LogP contribution in [-0.4, -0.2) is 33.0 Å². The third kappa shape index (κ3) is 5.00. The molecular formula is C21H28BrN5O2S. The number of thioether (sulfide) groups is 1. The van der Waals surface area contributed by atoms with Crippen molar-refractivity contribution in [1.82, 2.24) is 14.8 Å². The number of allylic oxidation sites excluding steroid dienone is 1. The second-order valence-corrected chi connectivity index (χ2v) is 9.16. The van der Waals surface area contributed by atoms with Gasteiger partial charge in [0, 0.05) is 21.5 Å². The number of ether oxygens (including phenoxy) is 1. The third-order valence-corrected chi connectivity index (χ3v) is 6.27. The lowest BCUT2D eigenvalue weighted by molar-refractivity contribution is -0.115. The average molecular weight is 494 g/mol. The Morgan fingerprint density at radius 3 is 2.80 bits per heavy atom. The zero-order valence-corrected chi connectivity index (χ0v) is 20.0. The molecule has 0 radical (unpaired) electrons. The summed E-state index contributed by atoms with van der Waals surface area (Å²) in [6, 6.07) is 5.29. The number of nitrogens with two attached hydrogens (primary N) is 1. The van der Waals surface area contributed by atoms with E-state index < -0.39 is 11.9 Å². The van der Waals surface area contributed by atoms with E-state index in [1.54, 1.807) is 16.4 Å². The number of unbranched alkanes of at least 4 members (excludes halogenated alkanes) is 2. The smallest absolute Gasteiger partial charge is 0.248 e. The number of nitrogens with one attached hydrogen (secondary N) is 1. The van der Waals surface area contributed by atoms with Gasteiger partial charge < -0.3 is 15.8 Å². The summed E-state index contributed by atoms with van der Waals surface area (Å²) in [6.45, 7) is 6.72. The van der Waals surface area contributed by atoms with Crippen LogP contribution in [0.4, 0.5) is 5.95 Å². The summed E-state index contributed by atoms with van der Waals surface area (Å²) >= 11 is 5.16. The average Bonchev–Trinajstić information content (AvgIpc) is 3.10. The molecule has 3 N–H and O–H groups in total. The monoisotopic (exact) mass is 493 g/mol. The van der Waals surface area contributed by atoms with Crippen LogP contribution in [0.2, 0.25) is 0 Å². The number of hydrogen-bond donors (Lipinski definition) is 2. The minimum Gasteiger partial charge on any atom is -0.493 e. The topological polar surface area (TPSA) is 95.1 Å². The van der Waals surface area contributed by atoms with Gasteiger partial charge in [0.25, 0.3) is 0 Å². The van der Waals surface area contributed by atoms with Crippen LogP contribution in [0, 0.1) is 0 Å². The summed E-state index contributed by atoms with van der Waals surface area (Å²) in [5.41, 5.74) is 7.76. The number of amides is 1. The predicted molar refractivity (Wildman–Crippen MR) is 124 cm³/mol. The fraction of sp³-hybridized carbons (Fsp3) is 0.476. The van der Waals surface area contributed by atoms with Crippen molar-refractivity contribution in [2.45, 2.75) is 57.7 Å². The van der Waals surface area contributed by atoms with Crippen molar-refractivity contribution in [3.05, 3.63) is 39.5 Å². The lowest BCUT2D eigenvalue weighted by Crippen LogP contribution is -2.32. The summed E-state index contributed by atoms with van der Waals surface area (Å²) in [4.78, 5) is 17.1. The molecule has 9 heteroatoms. The zero-order valence-electron chi connectivity index (χ0n) is 17.6. The van der Waals surface area contributed by atoms with Crippen molar-refractivity contribution >= 4 is 39.5 Å². The molecule has 0 spiro atoms. The van der Waals surface area contributed by atoms with Crippen molar-refractivity contribution in [2.75, 3.05) is 17.7 Å². The highest BCUT2D eigenvalue weighted by Crippen LogP contribution is 2.40. The van der Waals surface area contributed by atoms with Gasteiger partial charge in [0.1, 0.15) is 11.8 Å². The van der Waals surface area contributed by atoms with Crippen molar-refractivity contribution < 1.29 is 9.53 Å². The predicted octanol–water partition coefficient (Wildman–Crippen LogP) is 4.89. The van der Waals surface area contributed by atoms with Crippen LogP contribution in [0.5, 0.6) is 5.75 Å². The number of nitrogens with zero attached hydrogens (tertiary/aromatic N) is 3. The summed E-state index contributed by atoms with van der Waals surface area (Å²) in [6.07, 6.45) is 4.20. The molecule has 2 heterocycles. The fourth-order valence-corrected chi connectivity index (χ4v) is 4.59. The fourth-order valence-electron chi connectivity index (χ4n) is 3.30. The Morgan fingerprint density at radius 1 is 1.33 bits per heavy atom. The molecule has 0 aliphatic carbocycles. The van der Waals surface area contributed by atoms with E-state index in [1.807, 2.05) is 25.1 Å². The van der Waals surface area contributed by atoms with E-state index >= 15 is 0 Å². The van der Waals surface area contributed by atoms with Crippen LogP contribution >= 0.6 is 27.7 Å². The second-order valence-electron chi connectivity index (χ2n) is 7.18. The maximum absolute atomic E-state index is 12.4. The number of anilines is 1. The molecular weight excluding hydrogens is 466 g/mol. The van der Waals surface area contributed by atoms with Crippen molar-refractivity contribution in [2.24, 2.45) is 5.73 Å². The normalized spacial score (nSPS) is 15.7. The number of aromatic nitrogens is 3. The molecule has 1 unspecified atom stereocenters. The molecule has 30 heavy (non-hydrogen) atoms. The Hall–Kier alpha value is -2.00. The van der Waals surface area contributed by atoms with Gasteiger partial charge >= 0.3 is 0 Å². The highest BCUT2D eigenvalue weighted by molar-refractivity contribution is 9.10. The highest BCUT2D eigenvalue weighted by atomic mass is 79.9. The Balaban J connectivity index is 2.07. The number of primary amides is 1. The summed E-state index contributed by atoms with van der Waals surface area (Å²) < 4.78 is 8.70. The Kier molecular flexibility index (Phi) is 7.82. The molecule has 1 aliphatic heterocycles. The first-order valence-corrected chi connectivity index (χ1v) is 12.0. The number of carbonyl (C=O) groups is 1. The van der Waals surface area contributed by atoms with Crippen LogP contribution < -0.4 is 15.8 Å². The van der Waals surface area contributed by atoms with Gasteiger partial charge in [-0.3, -0.25) is 4.79 Å². The zero-order chi connectivity index (χ0) is 21.7. The Bertz CT molecular complexity index is 943. The van der Waals surface area contributed by atoms with E-state index in [2.05, 4.69) is 40.1 Å². The number of rotatable bonds is 10. The summed E-state index contributed by atoms with van der Waals surface area (Å²) in [5, 5.41) is 8.58. The summed E-state index contributed by atoms with van der Waals surface area (Å²) in [5.74, 6) is 1.76. The molecule has 1 aromatic heterocycles. The van der Waals surface area contributed by atoms with E-state index in [-0.39, 0.29) is 0 Å². The van der Waals surface area contributed by atoms with Gasteiger partial charge in [-0.05, 0) is 38.0 Å². The molecule has 0 bridgehead atoms. The number of carbonyl (C=O) groups excluding carboxylic acids is 1. The first-order valence-electron chi connectivity index (χ1n) is 10.2. The lowest BCUT2D eigenvalue weighted by Gasteiger charge is -2.29. The maximum atomic E-state index is 12.4. The van der Waals surface area contributed by atoms with Gasteiger partial charge in [0.2, 0.25) is 17.0 Å². The molecule has 1 aliphatic rings. The van der Waals surface area contributed by atoms with Crippen LogP contribution in [0.25, 0.3) is 0 Å². The van der Waals surface area contributed by atoms with Crippen molar-refractivity contribution in [1.29, 1.82) is 0 Å². The van der Waals surface area contributed by atoms with E-state index in [9.17, 15) is 4.79 Å². The standard InChI is InChI=1S/C21H28BrN5O2S/c1-4-6-10-29-16-9-8-14(22)12-15(16)18-17(19(23)28)13(3)24-20-25-21(26-27(18)20)30-11-7-5-2/h8-9,12,18H,4-7,10-11H2,1-3H3,(H2,23,28)(H,24,25,26). The van der Waals surface area contributed by atoms with E-state index in [0.29, 0.717) is 34.7 Å². The minimum atomic E-state index is -0.513. The first kappa shape index (κ1) is 22.7. The number of fused-ring (bicyclic) bond motifs is 1. The van der Waals surface area contributed by atoms with Crippen LogP contribution in [0.1, 0.15) is 58.1 Å². The number of benzene rings is 1. The molecule has 2 aromatic rings. The molecule has 162 valence electrons. The summed E-state index contributed by atoms with van der Waals surface area (Å²) in [7, 11) is 0. The van der Waals surface area contributed by atoms with E-state index in [0.717, 1.165) is 41.5 Å². The van der Waals surface area contributed by atoms with Gasteiger partial charge in [-0.15, -0.1) is 5.10 Å². The number of halogens is 1. The maximum Gasteiger partial charge on any atom is 0.248 e. The molecule has 0 fully saturated rings. The van der Waals surface area contributed by atoms with Crippen LogP contribution in [0.3, 0.4) is 0 Å². The van der Waals surface area contributed by atoms with Crippen molar-refractivity contribution in [3.8, 4) is 5.75 Å². The minimum absolute atomic E-state index is 0.455. The van der Waals surface area contributed by atoms with Crippen LogP contribution in [-0.2, 0) is 4.79 Å². The molecule has 1 aromatic carbocycles. The largest absolute Gasteiger partial charge is 0.493 e. The van der Waals surface area contributed by atoms with Gasteiger partial charge in [0.15, 0.2) is 0 Å². The van der Waals surface area contributed by atoms with Crippen LogP contribution in [0.15, 0.2) is 39.1 Å². The van der Waals surface area contributed by atoms with Gasteiger partial charge in [0.05, 0.1) is 12.2 Å². The molecule has 0 saturated carbocycles. The Morgan fingerprint density at radius 2 is 2.10 bits per heavy atom. The number of hydrogen-bond acceptors (Lipinski definition) is 6. The molecule has 1 atom stereocenters. The van der Waals surface area contributed by atoms with Gasteiger partial charge in [-0.25, -0.2) is 4.68 Å². The molecule has 7 nitrogen and oxygen atoms in total. The lowest BCUT2D eigenvalue weighted by atomic mass is 9.94. The molecule has 1 amide bonds. The van der Waals surface area contributed by atoms with E-state index in [1.165, 1.54) is 0 Å². The second kappa shape index (κ2) is 10.3. The third-order valence-electron chi connectivity index (χ3n) is 4.85. The van der Waals surface area contributed by atoms with Gasteiger partial charge in [-0.2, -0.15) is 4.98 Å². The quantitative estimate of drug-likeness (QED) is 0.361. The molecule has 0 saturated heterocycles. The molecule has 3 rings (SSSR count). The van der Waals surface area contributed by atoms with Crippen molar-refractivity contribution in [3.63, 3.8) is 0 Å². The highest BCUT2D eigenvalue weighted by Gasteiger charge is 2.35. The first-order chi connectivity index (χ1) is 14.5. The Labute approximate surface area is 190 Å². The SMILES string of the molecule is CCCCOc1ccc(Br)cc1C1C(C(N)=O)=C(C)Nc2nc(SCCCC)nn21. The van der Waals surface area contributed by atoms with Gasteiger partial charge in [-0.1, -0.05) is 54.4 Å².